The Morgan fingerprint density at radius 3 is 2.83 bits per heavy atom. The minimum atomic E-state index is 0.377. The van der Waals surface area contributed by atoms with Crippen molar-refractivity contribution in [3.8, 4) is 0 Å². The van der Waals surface area contributed by atoms with Crippen molar-refractivity contribution in [2.45, 2.75) is 45.3 Å². The maximum atomic E-state index is 5.62. The van der Waals surface area contributed by atoms with E-state index in [1.165, 1.54) is 19.3 Å². The Morgan fingerprint density at radius 1 is 1.50 bits per heavy atom. The molecule has 1 heterocycles. The Labute approximate surface area is 110 Å². The summed E-state index contributed by atoms with van der Waals surface area (Å²) < 4.78 is 7.74. The lowest BCUT2D eigenvalue weighted by molar-refractivity contribution is -0.0293. The van der Waals surface area contributed by atoms with E-state index in [2.05, 4.69) is 35.8 Å². The summed E-state index contributed by atoms with van der Waals surface area (Å²) in [5, 5.41) is 3.55. The molecule has 1 aromatic heterocycles. The van der Waals surface area contributed by atoms with E-state index in [-0.39, 0.29) is 0 Å². The van der Waals surface area contributed by atoms with Crippen LogP contribution in [0.25, 0.3) is 0 Å². The van der Waals surface area contributed by atoms with E-state index in [9.17, 15) is 0 Å². The number of hydrogen-bond acceptors (Lipinski definition) is 3. The quantitative estimate of drug-likeness (QED) is 0.808. The molecule has 0 saturated heterocycles. The number of nitrogens with zero attached hydrogens (tertiary/aromatic N) is 2. The minimum absolute atomic E-state index is 0.377. The van der Waals surface area contributed by atoms with Crippen LogP contribution in [-0.4, -0.2) is 28.8 Å². The third-order valence-electron chi connectivity index (χ3n) is 3.78. The van der Waals surface area contributed by atoms with Crippen LogP contribution >= 0.6 is 0 Å². The van der Waals surface area contributed by atoms with Gasteiger partial charge in [-0.1, -0.05) is 6.92 Å². The molecule has 2 rings (SSSR count). The van der Waals surface area contributed by atoms with Crippen molar-refractivity contribution in [1.29, 1.82) is 0 Å². The zero-order chi connectivity index (χ0) is 13.0. The van der Waals surface area contributed by atoms with Crippen LogP contribution in [-0.2, 0) is 11.8 Å². The molecule has 1 aliphatic rings. The summed E-state index contributed by atoms with van der Waals surface area (Å²) in [6, 6.07) is 0.377. The Hall–Kier alpha value is -0.870. The summed E-state index contributed by atoms with van der Waals surface area (Å²) in [6.45, 7) is 6.05. The number of aromatic nitrogens is 2. The average molecular weight is 251 g/mol. The van der Waals surface area contributed by atoms with Gasteiger partial charge in [0.05, 0.1) is 12.1 Å². The van der Waals surface area contributed by atoms with Crippen molar-refractivity contribution in [2.75, 3.05) is 13.2 Å². The fourth-order valence-corrected chi connectivity index (χ4v) is 2.81. The van der Waals surface area contributed by atoms with Crippen molar-refractivity contribution in [3.63, 3.8) is 0 Å². The van der Waals surface area contributed by atoms with Gasteiger partial charge in [-0.05, 0) is 38.6 Å². The number of rotatable bonds is 7. The molecule has 1 aromatic rings. The lowest BCUT2D eigenvalue weighted by Crippen LogP contribution is -2.35. The molecule has 1 fully saturated rings. The van der Waals surface area contributed by atoms with Crippen LogP contribution < -0.4 is 5.32 Å². The van der Waals surface area contributed by atoms with Crippen LogP contribution in [0, 0.1) is 5.92 Å². The highest BCUT2D eigenvalue weighted by molar-refractivity contribution is 5.00. The fourth-order valence-electron chi connectivity index (χ4n) is 2.81. The van der Waals surface area contributed by atoms with Crippen molar-refractivity contribution in [3.05, 3.63) is 18.2 Å². The summed E-state index contributed by atoms with van der Waals surface area (Å²) in [4.78, 5) is 4.47. The van der Waals surface area contributed by atoms with E-state index < -0.39 is 0 Å². The molecule has 1 unspecified atom stereocenters. The second kappa shape index (κ2) is 6.34. The Balaban J connectivity index is 1.87. The third kappa shape index (κ3) is 3.12. The molecule has 102 valence electrons. The molecule has 0 spiro atoms. The minimum Gasteiger partial charge on any atom is -0.378 e. The number of hydrogen-bond donors (Lipinski definition) is 1. The van der Waals surface area contributed by atoms with Crippen molar-refractivity contribution >= 4 is 0 Å². The first-order chi connectivity index (χ1) is 8.74. The van der Waals surface area contributed by atoms with Gasteiger partial charge in [-0.2, -0.15) is 0 Å². The van der Waals surface area contributed by atoms with Crippen LogP contribution in [0.2, 0.25) is 0 Å². The molecule has 1 atom stereocenters. The largest absolute Gasteiger partial charge is 0.378 e. The van der Waals surface area contributed by atoms with Crippen molar-refractivity contribution in [2.24, 2.45) is 13.0 Å². The maximum absolute atomic E-state index is 5.62. The predicted molar refractivity (Wildman–Crippen MR) is 72.4 cm³/mol. The van der Waals surface area contributed by atoms with Gasteiger partial charge in [-0.3, -0.25) is 0 Å². The fraction of sp³-hybridized carbons (Fsp3) is 0.786. The summed E-state index contributed by atoms with van der Waals surface area (Å²) >= 11 is 0. The molecule has 0 radical (unpaired) electrons. The smallest absolute Gasteiger partial charge is 0.125 e. The Kier molecular flexibility index (Phi) is 4.78. The molecule has 1 saturated carbocycles. The maximum Gasteiger partial charge on any atom is 0.125 e. The van der Waals surface area contributed by atoms with E-state index in [0.717, 1.165) is 24.9 Å². The van der Waals surface area contributed by atoms with Crippen LogP contribution in [0.4, 0.5) is 0 Å². The predicted octanol–water partition coefficient (Wildman–Crippen LogP) is 2.28. The van der Waals surface area contributed by atoms with Gasteiger partial charge < -0.3 is 14.6 Å². The van der Waals surface area contributed by atoms with Gasteiger partial charge in [0.1, 0.15) is 5.82 Å². The summed E-state index contributed by atoms with van der Waals surface area (Å²) in [5.74, 6) is 1.93. The Morgan fingerprint density at radius 2 is 2.28 bits per heavy atom. The number of imidazole rings is 1. The topological polar surface area (TPSA) is 39.1 Å². The van der Waals surface area contributed by atoms with Crippen molar-refractivity contribution < 1.29 is 4.74 Å². The van der Waals surface area contributed by atoms with Gasteiger partial charge in [-0.25, -0.2) is 4.98 Å². The van der Waals surface area contributed by atoms with Gasteiger partial charge in [0.25, 0.3) is 0 Å². The molecule has 0 aromatic carbocycles. The van der Waals surface area contributed by atoms with Crippen LogP contribution in [0.5, 0.6) is 0 Å². The first-order valence-electron chi connectivity index (χ1n) is 7.06. The summed E-state index contributed by atoms with van der Waals surface area (Å²) in [7, 11) is 2.07. The summed E-state index contributed by atoms with van der Waals surface area (Å²) in [6.07, 6.45) is 7.98. The van der Waals surface area contributed by atoms with E-state index >= 15 is 0 Å². The van der Waals surface area contributed by atoms with Gasteiger partial charge in [0.2, 0.25) is 0 Å². The molecule has 0 aliphatic heterocycles. The first-order valence-corrected chi connectivity index (χ1v) is 7.06. The molecule has 0 bridgehead atoms. The third-order valence-corrected chi connectivity index (χ3v) is 3.78. The molecular weight excluding hydrogens is 226 g/mol. The number of nitrogens with one attached hydrogen (secondary N) is 1. The molecular formula is C14H25N3O. The molecule has 4 nitrogen and oxygen atoms in total. The lowest BCUT2D eigenvalue weighted by Gasteiger charge is -2.37. The molecule has 1 N–H and O–H groups in total. The molecule has 18 heavy (non-hydrogen) atoms. The van der Waals surface area contributed by atoms with Crippen LogP contribution in [0.3, 0.4) is 0 Å². The van der Waals surface area contributed by atoms with Gasteiger partial charge in [0, 0.05) is 26.0 Å². The van der Waals surface area contributed by atoms with E-state index in [1.807, 2.05) is 12.4 Å². The van der Waals surface area contributed by atoms with E-state index in [1.54, 1.807) is 0 Å². The van der Waals surface area contributed by atoms with E-state index in [4.69, 9.17) is 4.74 Å². The average Bonchev–Trinajstić information content (AvgIpc) is 2.71. The normalized spacial score (nSPS) is 24.8. The molecule has 4 heteroatoms. The standard InChI is InChI=1S/C14H25N3O/c1-4-15-13(14-16-6-7-17(14)3)10-11-8-12(9-11)18-5-2/h6-7,11-13,15H,4-5,8-10H2,1-3H3. The second-order valence-electron chi connectivity index (χ2n) is 5.16. The summed E-state index contributed by atoms with van der Waals surface area (Å²) in [5.41, 5.74) is 0. The monoisotopic (exact) mass is 251 g/mol. The second-order valence-corrected chi connectivity index (χ2v) is 5.16. The van der Waals surface area contributed by atoms with Crippen molar-refractivity contribution in [1.82, 2.24) is 14.9 Å². The van der Waals surface area contributed by atoms with Gasteiger partial charge in [0.15, 0.2) is 0 Å². The highest BCUT2D eigenvalue weighted by Gasteiger charge is 2.32. The molecule has 1 aliphatic carbocycles. The molecule has 0 amide bonds. The van der Waals surface area contributed by atoms with Gasteiger partial charge >= 0.3 is 0 Å². The highest BCUT2D eigenvalue weighted by Crippen LogP contribution is 2.36. The van der Waals surface area contributed by atoms with Gasteiger partial charge in [-0.15, -0.1) is 0 Å². The SMILES string of the molecule is CCNC(CC1CC(OCC)C1)c1nccn1C. The zero-order valence-electron chi connectivity index (χ0n) is 11.7. The number of aryl methyl sites for hydroxylation is 1. The van der Waals surface area contributed by atoms with Crippen LogP contribution in [0.15, 0.2) is 12.4 Å². The van der Waals surface area contributed by atoms with Crippen LogP contribution in [0.1, 0.15) is 45.0 Å². The lowest BCUT2D eigenvalue weighted by atomic mass is 9.78. The number of ether oxygens (including phenoxy) is 1. The van der Waals surface area contributed by atoms with E-state index in [0.29, 0.717) is 12.1 Å². The first kappa shape index (κ1) is 13.6. The highest BCUT2D eigenvalue weighted by atomic mass is 16.5. The zero-order valence-corrected chi connectivity index (χ0v) is 11.7. The Bertz CT molecular complexity index is 358.